The van der Waals surface area contributed by atoms with Crippen LogP contribution in [0.5, 0.6) is 5.75 Å². The second-order valence-corrected chi connectivity index (χ2v) is 7.95. The Kier molecular flexibility index (Phi) is 5.24. The van der Waals surface area contributed by atoms with E-state index in [1.807, 2.05) is 0 Å². The molecule has 2 N–H and O–H groups in total. The number of benzene rings is 2. The van der Waals surface area contributed by atoms with Crippen LogP contribution in [0.25, 0.3) is 0 Å². The van der Waals surface area contributed by atoms with Crippen molar-refractivity contribution in [1.29, 1.82) is 0 Å². The monoisotopic (exact) mass is 378 g/mol. The molecule has 1 amide bonds. The third kappa shape index (κ3) is 3.71. The van der Waals surface area contributed by atoms with Crippen LogP contribution in [0, 0.1) is 5.82 Å². The van der Waals surface area contributed by atoms with Crippen molar-refractivity contribution in [1.82, 2.24) is 4.31 Å². The molecule has 1 aliphatic rings. The number of nitrogens with zero attached hydrogens (tertiary/aromatic N) is 1. The van der Waals surface area contributed by atoms with Gasteiger partial charge >= 0.3 is 0 Å². The molecular weight excluding hydrogens is 359 g/mol. The molecule has 0 aliphatic carbocycles. The fourth-order valence-electron chi connectivity index (χ4n) is 2.84. The second kappa shape index (κ2) is 7.43. The Labute approximate surface area is 151 Å². The van der Waals surface area contributed by atoms with E-state index in [9.17, 15) is 17.6 Å². The molecule has 0 unspecified atom stereocenters. The summed E-state index contributed by atoms with van der Waals surface area (Å²) in [5.41, 5.74) is 5.64. The molecular formula is C18H19FN2O4S. The van der Waals surface area contributed by atoms with Gasteiger partial charge in [-0.25, -0.2) is 12.8 Å². The number of carbonyl (C=O) groups excluding carboxylic acids is 1. The van der Waals surface area contributed by atoms with Gasteiger partial charge in [0.05, 0.1) is 10.5 Å². The van der Waals surface area contributed by atoms with Crippen molar-refractivity contribution in [2.75, 3.05) is 13.1 Å². The molecule has 138 valence electrons. The molecule has 0 saturated carbocycles. The summed E-state index contributed by atoms with van der Waals surface area (Å²) in [6.07, 6.45) is 1.62. The van der Waals surface area contributed by atoms with Crippen molar-refractivity contribution in [2.24, 2.45) is 5.73 Å². The highest BCUT2D eigenvalue weighted by molar-refractivity contribution is 7.89. The van der Waals surface area contributed by atoms with Crippen LogP contribution < -0.4 is 10.5 Å². The lowest BCUT2D eigenvalue weighted by molar-refractivity contribution is 0.0995. The SMILES string of the molecule is NC(=O)c1cc(S(=O)(=O)N2CCCC2)ccc1OCc1ccccc1F. The highest BCUT2D eigenvalue weighted by Gasteiger charge is 2.28. The lowest BCUT2D eigenvalue weighted by Gasteiger charge is -2.17. The summed E-state index contributed by atoms with van der Waals surface area (Å²) in [5.74, 6) is -1.13. The number of hydrogen-bond donors (Lipinski definition) is 1. The first kappa shape index (κ1) is 18.3. The molecule has 0 bridgehead atoms. The Hall–Kier alpha value is -2.45. The Morgan fingerprint density at radius 1 is 1.15 bits per heavy atom. The van der Waals surface area contributed by atoms with Crippen molar-refractivity contribution in [3.8, 4) is 5.75 Å². The maximum absolute atomic E-state index is 13.7. The van der Waals surface area contributed by atoms with E-state index in [2.05, 4.69) is 0 Å². The number of nitrogens with two attached hydrogens (primary N) is 1. The number of ether oxygens (including phenoxy) is 1. The summed E-state index contributed by atoms with van der Waals surface area (Å²) in [7, 11) is -3.68. The van der Waals surface area contributed by atoms with Crippen molar-refractivity contribution in [2.45, 2.75) is 24.3 Å². The minimum absolute atomic E-state index is 0.00792. The predicted molar refractivity (Wildman–Crippen MR) is 93.7 cm³/mol. The molecule has 1 heterocycles. The second-order valence-electron chi connectivity index (χ2n) is 6.01. The Morgan fingerprint density at radius 3 is 2.50 bits per heavy atom. The summed E-state index contributed by atoms with van der Waals surface area (Å²) in [6.45, 7) is 0.810. The summed E-state index contributed by atoms with van der Waals surface area (Å²) in [4.78, 5) is 11.8. The van der Waals surface area contributed by atoms with E-state index in [-0.39, 0.29) is 22.8 Å². The fraction of sp³-hybridized carbons (Fsp3) is 0.278. The van der Waals surface area contributed by atoms with Gasteiger partial charge < -0.3 is 10.5 Å². The standard InChI is InChI=1S/C18H19FN2O4S/c19-16-6-2-1-5-13(16)12-25-17-8-7-14(11-15(17)18(20)22)26(23,24)21-9-3-4-10-21/h1-2,5-8,11H,3-4,9-10,12H2,(H2,20,22). The molecule has 26 heavy (non-hydrogen) atoms. The van der Waals surface area contributed by atoms with Crippen LogP contribution in [-0.2, 0) is 16.6 Å². The van der Waals surface area contributed by atoms with E-state index in [1.165, 1.54) is 28.6 Å². The van der Waals surface area contributed by atoms with E-state index >= 15 is 0 Å². The van der Waals surface area contributed by atoms with Crippen LogP contribution in [0.15, 0.2) is 47.4 Å². The van der Waals surface area contributed by atoms with Crippen LogP contribution in [0.3, 0.4) is 0 Å². The number of carbonyl (C=O) groups is 1. The molecule has 0 aromatic heterocycles. The van der Waals surface area contributed by atoms with Gasteiger partial charge in [-0.15, -0.1) is 0 Å². The normalized spacial score (nSPS) is 15.1. The van der Waals surface area contributed by atoms with Gasteiger partial charge in [-0.3, -0.25) is 4.79 Å². The summed E-state index contributed by atoms with van der Waals surface area (Å²) >= 11 is 0. The lowest BCUT2D eigenvalue weighted by atomic mass is 10.2. The summed E-state index contributed by atoms with van der Waals surface area (Å²) < 4.78 is 45.8. The van der Waals surface area contributed by atoms with Crippen LogP contribution >= 0.6 is 0 Å². The fourth-order valence-corrected chi connectivity index (χ4v) is 4.38. The smallest absolute Gasteiger partial charge is 0.252 e. The first-order valence-corrected chi connectivity index (χ1v) is 9.64. The first-order chi connectivity index (χ1) is 12.4. The van der Waals surface area contributed by atoms with Gasteiger partial charge in [0.25, 0.3) is 5.91 Å². The highest BCUT2D eigenvalue weighted by Crippen LogP contribution is 2.27. The topological polar surface area (TPSA) is 89.7 Å². The van der Waals surface area contributed by atoms with E-state index in [0.29, 0.717) is 18.7 Å². The van der Waals surface area contributed by atoms with Gasteiger partial charge in [0.2, 0.25) is 10.0 Å². The van der Waals surface area contributed by atoms with E-state index in [4.69, 9.17) is 10.5 Å². The molecule has 2 aromatic rings. The number of rotatable bonds is 6. The predicted octanol–water partition coefficient (Wildman–Crippen LogP) is 2.29. The zero-order valence-corrected chi connectivity index (χ0v) is 14.8. The van der Waals surface area contributed by atoms with Crippen LogP contribution in [0.1, 0.15) is 28.8 Å². The molecule has 1 aliphatic heterocycles. The van der Waals surface area contributed by atoms with Gasteiger partial charge in [0, 0.05) is 18.7 Å². The number of amides is 1. The largest absolute Gasteiger partial charge is 0.488 e. The van der Waals surface area contributed by atoms with Crippen LogP contribution in [-0.4, -0.2) is 31.7 Å². The van der Waals surface area contributed by atoms with E-state index in [0.717, 1.165) is 12.8 Å². The minimum atomic E-state index is -3.68. The zero-order chi connectivity index (χ0) is 18.7. The van der Waals surface area contributed by atoms with Crippen molar-refractivity contribution in [3.05, 3.63) is 59.4 Å². The molecule has 8 heteroatoms. The summed E-state index contributed by atoms with van der Waals surface area (Å²) in [6, 6.07) is 10.1. The van der Waals surface area contributed by atoms with Gasteiger partial charge in [-0.05, 0) is 37.1 Å². The molecule has 2 aromatic carbocycles. The maximum atomic E-state index is 13.7. The molecule has 1 saturated heterocycles. The molecule has 0 atom stereocenters. The Morgan fingerprint density at radius 2 is 1.85 bits per heavy atom. The van der Waals surface area contributed by atoms with Crippen molar-refractivity contribution >= 4 is 15.9 Å². The summed E-state index contributed by atoms with van der Waals surface area (Å²) in [5, 5.41) is 0. The van der Waals surface area contributed by atoms with Crippen LogP contribution in [0.2, 0.25) is 0 Å². The average Bonchev–Trinajstić information content (AvgIpc) is 3.16. The van der Waals surface area contributed by atoms with Gasteiger partial charge in [-0.1, -0.05) is 18.2 Å². The number of sulfonamides is 1. The van der Waals surface area contributed by atoms with Crippen molar-refractivity contribution < 1.29 is 22.3 Å². The number of hydrogen-bond acceptors (Lipinski definition) is 4. The maximum Gasteiger partial charge on any atom is 0.252 e. The minimum Gasteiger partial charge on any atom is -0.488 e. The third-order valence-electron chi connectivity index (χ3n) is 4.26. The van der Waals surface area contributed by atoms with Gasteiger partial charge in [0.15, 0.2) is 0 Å². The van der Waals surface area contributed by atoms with Crippen LogP contribution in [0.4, 0.5) is 4.39 Å². The first-order valence-electron chi connectivity index (χ1n) is 8.20. The zero-order valence-electron chi connectivity index (χ0n) is 14.0. The Bertz CT molecular complexity index is 925. The number of halogens is 1. The lowest BCUT2D eigenvalue weighted by Crippen LogP contribution is -2.28. The van der Waals surface area contributed by atoms with Crippen molar-refractivity contribution in [3.63, 3.8) is 0 Å². The average molecular weight is 378 g/mol. The molecule has 0 radical (unpaired) electrons. The molecule has 0 spiro atoms. The quantitative estimate of drug-likeness (QED) is 0.835. The molecule has 1 fully saturated rings. The van der Waals surface area contributed by atoms with Gasteiger partial charge in [-0.2, -0.15) is 4.31 Å². The molecule has 3 rings (SSSR count). The third-order valence-corrected chi connectivity index (χ3v) is 6.15. The highest BCUT2D eigenvalue weighted by atomic mass is 32.2. The number of primary amides is 1. The molecule has 6 nitrogen and oxygen atoms in total. The van der Waals surface area contributed by atoms with Gasteiger partial charge in [0.1, 0.15) is 18.2 Å². The Balaban J connectivity index is 1.88. The van der Waals surface area contributed by atoms with E-state index < -0.39 is 21.7 Å². The van der Waals surface area contributed by atoms with E-state index in [1.54, 1.807) is 18.2 Å².